The number of ether oxygens (including phenoxy) is 1. The average Bonchev–Trinajstić information content (AvgIpc) is 2.45. The summed E-state index contributed by atoms with van der Waals surface area (Å²) >= 11 is 35.5. The van der Waals surface area contributed by atoms with Gasteiger partial charge in [-0.3, -0.25) is 0 Å². The van der Waals surface area contributed by atoms with E-state index in [0.717, 1.165) is 5.56 Å². The molecule has 0 amide bonds. The lowest BCUT2D eigenvalue weighted by molar-refractivity contribution is -0.740. The number of halogens is 6. The van der Waals surface area contributed by atoms with E-state index in [9.17, 15) is 0 Å². The van der Waals surface area contributed by atoms with E-state index in [1.165, 1.54) is 0 Å². The molecule has 0 aromatic heterocycles. The lowest BCUT2D eigenvalue weighted by Gasteiger charge is -2.21. The molecule has 1 aromatic rings. The van der Waals surface area contributed by atoms with E-state index in [2.05, 4.69) is 15.3 Å². The highest BCUT2D eigenvalue weighted by Gasteiger charge is 2.46. The summed E-state index contributed by atoms with van der Waals surface area (Å²) in [7, 11) is 1.58. The number of amidine groups is 2. The third-order valence-corrected chi connectivity index (χ3v) is 4.04. The van der Waals surface area contributed by atoms with Crippen LogP contribution in [0.4, 0.5) is 0 Å². The Labute approximate surface area is 157 Å². The number of rotatable bonds is 2. The zero-order valence-corrected chi connectivity index (χ0v) is 15.6. The van der Waals surface area contributed by atoms with Crippen molar-refractivity contribution >= 4 is 81.3 Å². The highest BCUT2D eigenvalue weighted by atomic mass is 35.6. The molecule has 0 bridgehead atoms. The Morgan fingerprint density at radius 2 is 1.59 bits per heavy atom. The smallest absolute Gasteiger partial charge is 0.307 e. The van der Waals surface area contributed by atoms with Crippen LogP contribution in [-0.4, -0.2) is 32.5 Å². The monoisotopic (exact) mass is 423 g/mol. The van der Waals surface area contributed by atoms with Crippen LogP contribution in [0.5, 0.6) is 5.75 Å². The second kappa shape index (κ2) is 6.80. The second-order valence-corrected chi connectivity index (χ2v) is 9.01. The Morgan fingerprint density at radius 1 is 1.00 bits per heavy atom. The Balaban J connectivity index is 2.40. The number of benzene rings is 1. The Morgan fingerprint density at radius 3 is 2.05 bits per heavy atom. The van der Waals surface area contributed by atoms with Crippen molar-refractivity contribution in [2.45, 2.75) is 13.8 Å². The largest absolute Gasteiger partial charge is 0.497 e. The van der Waals surface area contributed by atoms with E-state index in [1.54, 1.807) is 19.2 Å². The molecule has 0 saturated carbocycles. The van der Waals surface area contributed by atoms with Crippen molar-refractivity contribution in [3.8, 4) is 5.75 Å². The lowest BCUT2D eigenvalue weighted by Crippen LogP contribution is -3.10. The Kier molecular flexibility index (Phi) is 5.63. The van der Waals surface area contributed by atoms with E-state index in [0.29, 0.717) is 11.6 Å². The SMILES string of the molecule is COc1ccc(C2=[NH+]C(C(Cl)(Cl)Cl)[NH+]=C(C(Cl)(Cl)Cl)N2)cc1. The fraction of sp³-hybridized carbons (Fsp3) is 0.333. The van der Waals surface area contributed by atoms with Crippen molar-refractivity contribution in [2.24, 2.45) is 0 Å². The fourth-order valence-corrected chi connectivity index (χ4v) is 2.38. The van der Waals surface area contributed by atoms with Crippen molar-refractivity contribution in [3.05, 3.63) is 29.8 Å². The molecule has 0 saturated heterocycles. The van der Waals surface area contributed by atoms with Crippen LogP contribution in [0.2, 0.25) is 0 Å². The second-order valence-electron chi connectivity index (χ2n) is 4.36. The molecule has 1 aromatic carbocycles. The Hall–Kier alpha value is -0.100. The number of hydrogen-bond acceptors (Lipinski definition) is 2. The molecular formula is C12H11Cl6N3O+2. The third kappa shape index (κ3) is 4.47. The van der Waals surface area contributed by atoms with E-state index in [-0.39, 0.29) is 5.84 Å². The number of nitrogens with one attached hydrogen (secondary N) is 3. The van der Waals surface area contributed by atoms with Crippen LogP contribution in [0, 0.1) is 0 Å². The zero-order valence-electron chi connectivity index (χ0n) is 11.1. The average molecular weight is 426 g/mol. The predicted octanol–water partition coefficient (Wildman–Crippen LogP) is 0.671. The normalized spacial score (nSPS) is 19.1. The lowest BCUT2D eigenvalue weighted by atomic mass is 10.2. The molecule has 1 aliphatic heterocycles. The standard InChI is InChI=1S/C12H9Cl6N3O/c1-22-7-4-2-6(3-5-7)8-19-9(11(13,14)15)21-10(20-8)12(16,17)18/h2-5,9H,1H3,(H,19,20,21)/p+2. The first-order valence-corrected chi connectivity index (χ1v) is 8.20. The Bertz CT molecular complexity index is 603. The van der Waals surface area contributed by atoms with Gasteiger partial charge in [-0.25, -0.2) is 15.3 Å². The van der Waals surface area contributed by atoms with Gasteiger partial charge in [-0.1, -0.05) is 69.6 Å². The van der Waals surface area contributed by atoms with E-state index in [1.807, 2.05) is 12.1 Å². The molecule has 1 heterocycles. The highest BCUT2D eigenvalue weighted by molar-refractivity contribution is 6.76. The first-order chi connectivity index (χ1) is 10.1. The highest BCUT2D eigenvalue weighted by Crippen LogP contribution is 2.28. The summed E-state index contributed by atoms with van der Waals surface area (Å²) in [5, 5.41) is 2.95. The molecule has 0 fully saturated rings. The van der Waals surface area contributed by atoms with Gasteiger partial charge in [0.05, 0.1) is 12.7 Å². The van der Waals surface area contributed by atoms with Gasteiger partial charge in [-0.15, -0.1) is 0 Å². The number of alkyl halides is 6. The van der Waals surface area contributed by atoms with Crippen LogP contribution in [0.15, 0.2) is 24.3 Å². The summed E-state index contributed by atoms with van der Waals surface area (Å²) in [4.78, 5) is 5.82. The molecule has 4 nitrogen and oxygen atoms in total. The molecule has 120 valence electrons. The molecule has 3 N–H and O–H groups in total. The maximum Gasteiger partial charge on any atom is 0.307 e. The molecular weight excluding hydrogens is 415 g/mol. The summed E-state index contributed by atoms with van der Waals surface area (Å²) in [5.74, 6) is 1.42. The quantitative estimate of drug-likeness (QED) is 0.610. The minimum Gasteiger partial charge on any atom is -0.497 e. The van der Waals surface area contributed by atoms with E-state index < -0.39 is 13.8 Å². The van der Waals surface area contributed by atoms with Gasteiger partial charge in [0, 0.05) is 0 Å². The summed E-state index contributed by atoms with van der Waals surface area (Å²) in [5.41, 5.74) is 0.772. The van der Waals surface area contributed by atoms with Crippen molar-refractivity contribution in [3.63, 3.8) is 0 Å². The van der Waals surface area contributed by atoms with Gasteiger partial charge >= 0.3 is 5.84 Å². The zero-order chi connectivity index (χ0) is 16.5. The first-order valence-electron chi connectivity index (χ1n) is 5.93. The van der Waals surface area contributed by atoms with Gasteiger partial charge in [0.15, 0.2) is 0 Å². The number of methoxy groups -OCH3 is 1. The molecule has 0 radical (unpaired) electrons. The van der Waals surface area contributed by atoms with Crippen molar-refractivity contribution in [2.75, 3.05) is 7.11 Å². The molecule has 0 aliphatic carbocycles. The van der Waals surface area contributed by atoms with Crippen molar-refractivity contribution in [1.82, 2.24) is 5.32 Å². The van der Waals surface area contributed by atoms with Crippen LogP contribution >= 0.6 is 69.6 Å². The van der Waals surface area contributed by atoms with Crippen LogP contribution in [0.25, 0.3) is 0 Å². The van der Waals surface area contributed by atoms with Gasteiger partial charge in [0.2, 0.25) is 0 Å². The van der Waals surface area contributed by atoms with Gasteiger partial charge < -0.3 is 4.74 Å². The summed E-state index contributed by atoms with van der Waals surface area (Å²) in [6.45, 7) is 0. The fourth-order valence-electron chi connectivity index (χ4n) is 1.75. The molecule has 1 unspecified atom stereocenters. The van der Waals surface area contributed by atoms with Gasteiger partial charge in [0.1, 0.15) is 5.75 Å². The maximum atomic E-state index is 5.93. The predicted molar refractivity (Wildman–Crippen MR) is 91.5 cm³/mol. The molecule has 10 heteroatoms. The van der Waals surface area contributed by atoms with Crippen LogP contribution in [0.3, 0.4) is 0 Å². The third-order valence-electron chi connectivity index (χ3n) is 2.82. The minimum absolute atomic E-state index is 0.179. The topological polar surface area (TPSA) is 49.2 Å². The maximum absolute atomic E-state index is 5.93. The van der Waals surface area contributed by atoms with Crippen molar-refractivity contribution in [1.29, 1.82) is 0 Å². The molecule has 22 heavy (non-hydrogen) atoms. The molecule has 1 atom stereocenters. The van der Waals surface area contributed by atoms with Gasteiger partial charge in [-0.05, 0) is 24.3 Å². The van der Waals surface area contributed by atoms with Crippen LogP contribution in [0.1, 0.15) is 5.56 Å². The summed E-state index contributed by atoms with van der Waals surface area (Å²) in [6, 6.07) is 7.19. The van der Waals surface area contributed by atoms with Gasteiger partial charge in [-0.2, -0.15) is 0 Å². The molecule has 1 aliphatic rings. The van der Waals surface area contributed by atoms with Crippen LogP contribution < -0.4 is 20.0 Å². The van der Waals surface area contributed by atoms with Crippen LogP contribution in [-0.2, 0) is 0 Å². The summed E-state index contributed by atoms with van der Waals surface area (Å²) in [6.07, 6.45) is -0.790. The number of hydrogen-bond donors (Lipinski definition) is 3. The minimum atomic E-state index is -1.73. The molecule has 0 spiro atoms. The first kappa shape index (κ1) is 18.2. The van der Waals surface area contributed by atoms with E-state index in [4.69, 9.17) is 74.3 Å². The van der Waals surface area contributed by atoms with Gasteiger partial charge in [0.25, 0.3) is 19.6 Å². The van der Waals surface area contributed by atoms with Crippen molar-refractivity contribution < 1.29 is 14.7 Å². The van der Waals surface area contributed by atoms with E-state index >= 15 is 0 Å². The summed E-state index contributed by atoms with van der Waals surface area (Å²) < 4.78 is 1.72. The molecule has 2 rings (SSSR count).